The fourth-order valence-electron chi connectivity index (χ4n) is 2.07. The average Bonchev–Trinajstić information content (AvgIpc) is 2.32. The van der Waals surface area contributed by atoms with Crippen molar-refractivity contribution in [1.29, 1.82) is 0 Å². The first-order valence-corrected chi connectivity index (χ1v) is 7.22. The molecule has 0 aliphatic heterocycles. The summed E-state index contributed by atoms with van der Waals surface area (Å²) in [4.78, 5) is 0. The van der Waals surface area contributed by atoms with E-state index in [1.165, 1.54) is 12.1 Å². The first-order chi connectivity index (χ1) is 9.24. The molecule has 0 saturated heterocycles. The van der Waals surface area contributed by atoms with Crippen LogP contribution in [0.2, 0.25) is 0 Å². The zero-order chi connectivity index (χ0) is 15.3. The molecule has 1 aromatic rings. The van der Waals surface area contributed by atoms with Crippen LogP contribution in [0.1, 0.15) is 31.9 Å². The van der Waals surface area contributed by atoms with Crippen LogP contribution in [0.4, 0.5) is 13.2 Å². The number of aliphatic hydroxyl groups is 1. The predicted octanol–water partition coefficient (Wildman–Crippen LogP) is 4.05. The Labute approximate surface area is 125 Å². The quantitative estimate of drug-likeness (QED) is 0.808. The van der Waals surface area contributed by atoms with Gasteiger partial charge in [0.1, 0.15) is 6.04 Å². The molecular weight excluding hydrogens is 335 g/mol. The van der Waals surface area contributed by atoms with E-state index >= 15 is 0 Å². The number of hydrogen-bond donors (Lipinski definition) is 2. The molecule has 1 unspecified atom stereocenters. The Morgan fingerprint density at radius 1 is 1.30 bits per heavy atom. The van der Waals surface area contributed by atoms with Crippen molar-refractivity contribution in [3.05, 3.63) is 34.3 Å². The van der Waals surface area contributed by atoms with E-state index < -0.39 is 18.3 Å². The summed E-state index contributed by atoms with van der Waals surface area (Å²) in [7, 11) is 0. The summed E-state index contributed by atoms with van der Waals surface area (Å²) in [5.41, 5.74) is 0.133. The number of benzene rings is 1. The highest BCUT2D eigenvalue weighted by Gasteiger charge is 2.41. The molecule has 0 bridgehead atoms. The summed E-state index contributed by atoms with van der Waals surface area (Å²) >= 11 is 3.18. The van der Waals surface area contributed by atoms with Crippen molar-refractivity contribution >= 4 is 15.9 Å². The zero-order valence-corrected chi connectivity index (χ0v) is 13.0. The summed E-state index contributed by atoms with van der Waals surface area (Å²) in [6.45, 7) is 3.50. The van der Waals surface area contributed by atoms with Gasteiger partial charge >= 0.3 is 6.18 Å². The van der Waals surface area contributed by atoms with E-state index in [9.17, 15) is 18.3 Å². The fourth-order valence-corrected chi connectivity index (χ4v) is 2.48. The monoisotopic (exact) mass is 353 g/mol. The summed E-state index contributed by atoms with van der Waals surface area (Å²) < 4.78 is 40.2. The molecular formula is C14H19BrF3NO. The van der Waals surface area contributed by atoms with Gasteiger partial charge in [-0.3, -0.25) is 5.32 Å². The Kier molecular flexibility index (Phi) is 6.48. The van der Waals surface area contributed by atoms with Crippen molar-refractivity contribution in [3.63, 3.8) is 0 Å². The highest BCUT2D eigenvalue weighted by molar-refractivity contribution is 9.10. The molecule has 6 heteroatoms. The van der Waals surface area contributed by atoms with Crippen molar-refractivity contribution in [2.45, 2.75) is 38.5 Å². The molecule has 0 radical (unpaired) electrons. The minimum atomic E-state index is -4.41. The second kappa shape index (κ2) is 7.43. The van der Waals surface area contributed by atoms with Gasteiger partial charge in [0.25, 0.3) is 0 Å². The number of rotatable bonds is 6. The minimum Gasteiger partial charge on any atom is -0.395 e. The molecule has 1 aromatic carbocycles. The maximum atomic E-state index is 13.2. The second-order valence-electron chi connectivity index (χ2n) is 5.21. The maximum absolute atomic E-state index is 13.2. The number of aliphatic hydroxyl groups excluding tert-OH is 1. The molecule has 114 valence electrons. The number of hydrogen-bond acceptors (Lipinski definition) is 2. The van der Waals surface area contributed by atoms with Crippen molar-refractivity contribution in [3.8, 4) is 0 Å². The molecule has 0 saturated carbocycles. The first kappa shape index (κ1) is 17.5. The van der Waals surface area contributed by atoms with Gasteiger partial charge in [-0.25, -0.2) is 0 Å². The first-order valence-electron chi connectivity index (χ1n) is 6.43. The van der Waals surface area contributed by atoms with Gasteiger partial charge in [0, 0.05) is 10.5 Å². The largest absolute Gasteiger partial charge is 0.407 e. The van der Waals surface area contributed by atoms with E-state index in [1.54, 1.807) is 12.1 Å². The molecule has 20 heavy (non-hydrogen) atoms. The Morgan fingerprint density at radius 2 is 1.95 bits per heavy atom. The molecule has 0 spiro atoms. The Hall–Kier alpha value is -0.590. The van der Waals surface area contributed by atoms with Gasteiger partial charge in [0.05, 0.1) is 6.61 Å². The molecule has 0 amide bonds. The van der Waals surface area contributed by atoms with Crippen LogP contribution in [0.25, 0.3) is 0 Å². The Bertz CT molecular complexity index is 423. The number of nitrogens with one attached hydrogen (secondary N) is 1. The van der Waals surface area contributed by atoms with Gasteiger partial charge in [-0.2, -0.15) is 13.2 Å². The van der Waals surface area contributed by atoms with Gasteiger partial charge < -0.3 is 5.11 Å². The van der Waals surface area contributed by atoms with Crippen molar-refractivity contribution in [2.75, 3.05) is 6.61 Å². The van der Waals surface area contributed by atoms with Gasteiger partial charge in [0.15, 0.2) is 0 Å². The number of alkyl halides is 3. The lowest BCUT2D eigenvalue weighted by Gasteiger charge is -2.28. The van der Waals surface area contributed by atoms with E-state index in [1.807, 2.05) is 13.8 Å². The summed E-state index contributed by atoms with van der Waals surface area (Å²) in [6, 6.07) is 3.75. The molecule has 0 heterocycles. The van der Waals surface area contributed by atoms with E-state index in [4.69, 9.17) is 0 Å². The minimum absolute atomic E-state index is 0.133. The molecule has 0 aliphatic carbocycles. The van der Waals surface area contributed by atoms with Crippen molar-refractivity contribution in [1.82, 2.24) is 5.32 Å². The highest BCUT2D eigenvalue weighted by atomic mass is 79.9. The van der Waals surface area contributed by atoms with Gasteiger partial charge in [-0.15, -0.1) is 0 Å². The standard InChI is InChI=1S/C14H19BrF3NO/c1-9(2)6-12(8-20)19-13(14(16,17)18)10-4-3-5-11(15)7-10/h3-5,7,9,12-13,19-20H,6,8H2,1-2H3/t12-,13?/m0/s1. The molecule has 0 fully saturated rings. The third kappa shape index (κ3) is 5.42. The third-order valence-electron chi connectivity index (χ3n) is 2.89. The highest BCUT2D eigenvalue weighted by Crippen LogP contribution is 2.34. The van der Waals surface area contributed by atoms with E-state index in [0.29, 0.717) is 10.9 Å². The Balaban J connectivity index is 2.96. The van der Waals surface area contributed by atoms with Crippen LogP contribution in [-0.4, -0.2) is 23.9 Å². The second-order valence-corrected chi connectivity index (χ2v) is 6.12. The van der Waals surface area contributed by atoms with E-state index in [0.717, 1.165) is 0 Å². The van der Waals surface area contributed by atoms with Crippen LogP contribution in [0, 0.1) is 5.92 Å². The van der Waals surface area contributed by atoms with E-state index in [2.05, 4.69) is 21.2 Å². The normalized spacial score (nSPS) is 15.4. The summed E-state index contributed by atoms with van der Waals surface area (Å²) in [6.07, 6.45) is -3.93. The van der Waals surface area contributed by atoms with Crippen molar-refractivity contribution in [2.24, 2.45) is 5.92 Å². The van der Waals surface area contributed by atoms with Crippen molar-refractivity contribution < 1.29 is 18.3 Å². The summed E-state index contributed by atoms with van der Waals surface area (Å²) in [5.74, 6) is 0.205. The van der Waals surface area contributed by atoms with Crippen LogP contribution >= 0.6 is 15.9 Å². The predicted molar refractivity (Wildman–Crippen MR) is 76.4 cm³/mol. The molecule has 0 aromatic heterocycles. The van der Waals surface area contributed by atoms with Gasteiger partial charge in [-0.1, -0.05) is 41.9 Å². The van der Waals surface area contributed by atoms with Crippen LogP contribution in [0.5, 0.6) is 0 Å². The van der Waals surface area contributed by atoms with Crippen LogP contribution in [0.3, 0.4) is 0 Å². The van der Waals surface area contributed by atoms with Crippen LogP contribution < -0.4 is 5.32 Å². The molecule has 2 nitrogen and oxygen atoms in total. The molecule has 2 N–H and O–H groups in total. The lowest BCUT2D eigenvalue weighted by Crippen LogP contribution is -2.43. The smallest absolute Gasteiger partial charge is 0.395 e. The topological polar surface area (TPSA) is 32.3 Å². The van der Waals surface area contributed by atoms with Crippen LogP contribution in [0.15, 0.2) is 28.7 Å². The van der Waals surface area contributed by atoms with Crippen LogP contribution in [-0.2, 0) is 0 Å². The third-order valence-corrected chi connectivity index (χ3v) is 3.38. The molecule has 1 rings (SSSR count). The van der Waals surface area contributed by atoms with E-state index in [-0.39, 0.29) is 18.1 Å². The number of halogens is 4. The SMILES string of the molecule is CC(C)C[C@@H](CO)NC(c1cccc(Br)c1)C(F)(F)F. The maximum Gasteiger partial charge on any atom is 0.407 e. The fraction of sp³-hybridized carbons (Fsp3) is 0.571. The average molecular weight is 354 g/mol. The van der Waals surface area contributed by atoms with Gasteiger partial charge in [-0.05, 0) is 30.0 Å². The Morgan fingerprint density at radius 3 is 2.40 bits per heavy atom. The summed E-state index contributed by atoms with van der Waals surface area (Å²) in [5, 5.41) is 11.8. The molecule has 0 aliphatic rings. The molecule has 2 atom stereocenters. The lowest BCUT2D eigenvalue weighted by molar-refractivity contribution is -0.160. The van der Waals surface area contributed by atoms with Gasteiger partial charge in [0.2, 0.25) is 0 Å². The zero-order valence-electron chi connectivity index (χ0n) is 11.4. The lowest BCUT2D eigenvalue weighted by atomic mass is 10.0.